The smallest absolute Gasteiger partial charge is 0.306 e. The number of aliphatic hydroxyl groups is 1. The number of aliphatic hydroxyl groups excluding tert-OH is 1. The van der Waals surface area contributed by atoms with Crippen LogP contribution in [0.4, 0.5) is 0 Å². The van der Waals surface area contributed by atoms with Gasteiger partial charge in [0.25, 0.3) is 0 Å². The first-order chi connectivity index (χ1) is 7.18. The summed E-state index contributed by atoms with van der Waals surface area (Å²) < 4.78 is 1.07. The molecule has 15 heavy (non-hydrogen) atoms. The molecule has 3 nitrogen and oxygen atoms in total. The normalized spacial score (nSPS) is 12.9. The Bertz CT molecular complexity index is 489. The van der Waals surface area contributed by atoms with E-state index in [4.69, 9.17) is 5.11 Å². The maximum atomic E-state index is 10.5. The molecule has 0 aliphatic heterocycles. The third-order valence-electron chi connectivity index (χ3n) is 2.24. The fourth-order valence-electron chi connectivity index (χ4n) is 1.53. The molecule has 0 saturated heterocycles. The van der Waals surface area contributed by atoms with Crippen molar-refractivity contribution in [1.82, 2.24) is 0 Å². The lowest BCUT2D eigenvalue weighted by Crippen LogP contribution is -2.04. The molecule has 1 aromatic carbocycles. The van der Waals surface area contributed by atoms with Crippen molar-refractivity contribution in [2.45, 2.75) is 12.5 Å². The average Bonchev–Trinajstić information content (AvgIpc) is 2.59. The Morgan fingerprint density at radius 2 is 2.13 bits per heavy atom. The van der Waals surface area contributed by atoms with E-state index in [-0.39, 0.29) is 6.42 Å². The molecule has 0 saturated carbocycles. The van der Waals surface area contributed by atoms with Crippen LogP contribution >= 0.6 is 11.3 Å². The van der Waals surface area contributed by atoms with Gasteiger partial charge < -0.3 is 10.2 Å². The van der Waals surface area contributed by atoms with Crippen LogP contribution < -0.4 is 0 Å². The number of carboxylic acids is 1. The van der Waals surface area contributed by atoms with Gasteiger partial charge in [-0.3, -0.25) is 4.79 Å². The van der Waals surface area contributed by atoms with E-state index in [1.54, 1.807) is 0 Å². The Kier molecular flexibility index (Phi) is 2.70. The quantitative estimate of drug-likeness (QED) is 0.838. The number of carboxylic acid groups (broad SMARTS) is 1. The van der Waals surface area contributed by atoms with E-state index in [0.717, 1.165) is 10.1 Å². The molecular weight excluding hydrogens is 212 g/mol. The van der Waals surface area contributed by atoms with Gasteiger partial charge in [0.05, 0.1) is 12.5 Å². The molecule has 2 aromatic rings. The zero-order valence-electron chi connectivity index (χ0n) is 7.88. The molecule has 0 bridgehead atoms. The molecule has 1 atom stereocenters. The Labute approximate surface area is 90.6 Å². The van der Waals surface area contributed by atoms with Gasteiger partial charge in [0.2, 0.25) is 0 Å². The van der Waals surface area contributed by atoms with Crippen molar-refractivity contribution < 1.29 is 15.0 Å². The molecule has 0 amide bonds. The summed E-state index contributed by atoms with van der Waals surface area (Å²) in [6.45, 7) is 0. The van der Waals surface area contributed by atoms with Gasteiger partial charge in [0.15, 0.2) is 0 Å². The highest BCUT2D eigenvalue weighted by molar-refractivity contribution is 7.17. The topological polar surface area (TPSA) is 57.5 Å². The van der Waals surface area contributed by atoms with Crippen LogP contribution in [0.1, 0.15) is 18.1 Å². The van der Waals surface area contributed by atoms with Gasteiger partial charge >= 0.3 is 5.97 Å². The maximum Gasteiger partial charge on any atom is 0.306 e. The van der Waals surface area contributed by atoms with Gasteiger partial charge in [-0.15, -0.1) is 11.3 Å². The fourth-order valence-corrected chi connectivity index (χ4v) is 2.54. The molecule has 1 heterocycles. The second-order valence-electron chi connectivity index (χ2n) is 3.30. The summed E-state index contributed by atoms with van der Waals surface area (Å²) in [5.41, 5.74) is 0.706. The van der Waals surface area contributed by atoms with Crippen LogP contribution in [0.25, 0.3) is 10.1 Å². The number of fused-ring (bicyclic) bond motifs is 1. The van der Waals surface area contributed by atoms with Crippen LogP contribution in [0.15, 0.2) is 29.6 Å². The van der Waals surface area contributed by atoms with Gasteiger partial charge in [-0.05, 0) is 22.4 Å². The molecule has 0 fully saturated rings. The summed E-state index contributed by atoms with van der Waals surface area (Å²) in [4.78, 5) is 10.5. The van der Waals surface area contributed by atoms with Crippen LogP contribution in [-0.4, -0.2) is 16.2 Å². The fraction of sp³-hybridized carbons (Fsp3) is 0.182. The summed E-state index contributed by atoms with van der Waals surface area (Å²) in [6.07, 6.45) is -1.17. The number of rotatable bonds is 3. The van der Waals surface area contributed by atoms with Gasteiger partial charge in [-0.25, -0.2) is 0 Å². The molecule has 1 aromatic heterocycles. The monoisotopic (exact) mass is 222 g/mol. The van der Waals surface area contributed by atoms with Crippen molar-refractivity contribution in [1.29, 1.82) is 0 Å². The summed E-state index contributed by atoms with van der Waals surface area (Å²) in [6, 6.07) is 7.65. The summed E-state index contributed by atoms with van der Waals surface area (Å²) in [7, 11) is 0. The second-order valence-corrected chi connectivity index (χ2v) is 4.21. The van der Waals surface area contributed by atoms with E-state index in [1.807, 2.05) is 29.6 Å². The van der Waals surface area contributed by atoms with Crippen LogP contribution in [-0.2, 0) is 4.79 Å². The van der Waals surface area contributed by atoms with Crippen molar-refractivity contribution in [3.8, 4) is 0 Å². The Morgan fingerprint density at radius 1 is 1.40 bits per heavy atom. The first-order valence-electron chi connectivity index (χ1n) is 4.54. The van der Waals surface area contributed by atoms with E-state index in [9.17, 15) is 9.90 Å². The predicted octanol–water partition coefficient (Wildman–Crippen LogP) is 2.41. The Balaban J connectivity index is 2.39. The zero-order chi connectivity index (χ0) is 10.8. The standard InChI is InChI=1S/C11H10O3S/c12-9(5-11(13)14)8-6-15-10-4-2-1-3-7(8)10/h1-4,6,9,12H,5H2,(H,13,14)/t9-/m0/s1. The number of thiophene rings is 1. The average molecular weight is 222 g/mol. The van der Waals surface area contributed by atoms with E-state index in [2.05, 4.69) is 0 Å². The van der Waals surface area contributed by atoms with Crippen LogP contribution in [0, 0.1) is 0 Å². The lowest BCUT2D eigenvalue weighted by molar-refractivity contribution is -0.139. The number of hydrogen-bond donors (Lipinski definition) is 2. The number of carbonyl (C=O) groups is 1. The van der Waals surface area contributed by atoms with Crippen molar-refractivity contribution in [2.75, 3.05) is 0 Å². The van der Waals surface area contributed by atoms with Gasteiger partial charge in [-0.1, -0.05) is 18.2 Å². The Hall–Kier alpha value is -1.39. The number of hydrogen-bond acceptors (Lipinski definition) is 3. The molecule has 2 N–H and O–H groups in total. The van der Waals surface area contributed by atoms with Crippen molar-refractivity contribution in [3.05, 3.63) is 35.2 Å². The lowest BCUT2D eigenvalue weighted by atomic mass is 10.1. The molecule has 2 rings (SSSR count). The highest BCUT2D eigenvalue weighted by Crippen LogP contribution is 2.31. The summed E-state index contributed by atoms with van der Waals surface area (Å²) in [5, 5.41) is 21.1. The van der Waals surface area contributed by atoms with Gasteiger partial charge in [-0.2, -0.15) is 0 Å². The van der Waals surface area contributed by atoms with E-state index >= 15 is 0 Å². The second kappa shape index (κ2) is 4.00. The molecule has 0 radical (unpaired) electrons. The first-order valence-corrected chi connectivity index (χ1v) is 5.42. The first kappa shape index (κ1) is 10.1. The maximum absolute atomic E-state index is 10.5. The zero-order valence-corrected chi connectivity index (χ0v) is 8.70. The third-order valence-corrected chi connectivity index (χ3v) is 3.22. The van der Waals surface area contributed by atoms with Crippen molar-refractivity contribution in [2.24, 2.45) is 0 Å². The van der Waals surface area contributed by atoms with Gasteiger partial charge in [0.1, 0.15) is 0 Å². The molecule has 0 spiro atoms. The Morgan fingerprint density at radius 3 is 2.87 bits per heavy atom. The highest BCUT2D eigenvalue weighted by atomic mass is 32.1. The minimum Gasteiger partial charge on any atom is -0.481 e. The molecule has 4 heteroatoms. The predicted molar refractivity (Wildman–Crippen MR) is 59.0 cm³/mol. The third kappa shape index (κ3) is 2.00. The molecule has 0 unspecified atom stereocenters. The SMILES string of the molecule is O=C(O)C[C@H](O)c1csc2ccccc12. The lowest BCUT2D eigenvalue weighted by Gasteiger charge is -2.05. The molecule has 0 aliphatic rings. The summed E-state index contributed by atoms with van der Waals surface area (Å²) >= 11 is 1.52. The van der Waals surface area contributed by atoms with Crippen molar-refractivity contribution in [3.63, 3.8) is 0 Å². The molecular formula is C11H10O3S. The number of aliphatic carboxylic acids is 1. The molecule has 78 valence electrons. The summed E-state index contributed by atoms with van der Waals surface area (Å²) in [5.74, 6) is -0.988. The molecule has 0 aliphatic carbocycles. The van der Waals surface area contributed by atoms with Gasteiger partial charge in [0, 0.05) is 4.70 Å². The van der Waals surface area contributed by atoms with Crippen LogP contribution in [0.3, 0.4) is 0 Å². The van der Waals surface area contributed by atoms with E-state index in [0.29, 0.717) is 5.56 Å². The van der Waals surface area contributed by atoms with Crippen LogP contribution in [0.2, 0.25) is 0 Å². The van der Waals surface area contributed by atoms with Crippen LogP contribution in [0.5, 0.6) is 0 Å². The largest absolute Gasteiger partial charge is 0.481 e. The van der Waals surface area contributed by atoms with Crippen molar-refractivity contribution >= 4 is 27.4 Å². The number of benzene rings is 1. The van der Waals surface area contributed by atoms with E-state index < -0.39 is 12.1 Å². The minimum atomic E-state index is -0.988. The minimum absolute atomic E-state index is 0.249. The van der Waals surface area contributed by atoms with E-state index in [1.165, 1.54) is 11.3 Å². The highest BCUT2D eigenvalue weighted by Gasteiger charge is 2.15.